The van der Waals surface area contributed by atoms with Gasteiger partial charge in [-0.1, -0.05) is 0 Å². The Bertz CT molecular complexity index is 748. The summed E-state index contributed by atoms with van der Waals surface area (Å²) in [5.41, 5.74) is 1.89. The van der Waals surface area contributed by atoms with Crippen molar-refractivity contribution in [2.75, 3.05) is 13.2 Å². The second-order valence-corrected chi connectivity index (χ2v) is 5.33. The van der Waals surface area contributed by atoms with Crippen molar-refractivity contribution < 1.29 is 9.90 Å². The van der Waals surface area contributed by atoms with Crippen LogP contribution in [0.3, 0.4) is 0 Å². The number of carbonyl (C=O) groups is 1. The van der Waals surface area contributed by atoms with Crippen molar-refractivity contribution in [2.45, 2.75) is 0 Å². The van der Waals surface area contributed by atoms with Gasteiger partial charge in [0, 0.05) is 34.8 Å². The molecule has 1 amide bonds. The third-order valence-electron chi connectivity index (χ3n) is 2.95. The summed E-state index contributed by atoms with van der Waals surface area (Å²) in [6, 6.07) is 7.65. The molecular formula is C14H13N3O2S. The van der Waals surface area contributed by atoms with Gasteiger partial charge in [-0.25, -0.2) is 4.98 Å². The normalized spacial score (nSPS) is 10.8. The molecular weight excluding hydrogens is 274 g/mol. The fourth-order valence-electron chi connectivity index (χ4n) is 2.04. The summed E-state index contributed by atoms with van der Waals surface area (Å²) in [7, 11) is 0. The summed E-state index contributed by atoms with van der Waals surface area (Å²) in [5, 5.41) is 12.4. The van der Waals surface area contributed by atoms with Crippen molar-refractivity contribution in [1.29, 1.82) is 0 Å². The number of nitrogens with zero attached hydrogens (tertiary/aromatic N) is 1. The van der Waals surface area contributed by atoms with Crippen LogP contribution in [0.25, 0.3) is 21.5 Å². The fraction of sp³-hybridized carbons (Fsp3) is 0.143. The quantitative estimate of drug-likeness (QED) is 0.687. The molecule has 20 heavy (non-hydrogen) atoms. The van der Waals surface area contributed by atoms with Crippen LogP contribution in [0.4, 0.5) is 0 Å². The minimum absolute atomic E-state index is 0.0572. The highest BCUT2D eigenvalue weighted by Gasteiger charge is 2.12. The van der Waals surface area contributed by atoms with Crippen LogP contribution in [-0.4, -0.2) is 34.1 Å². The lowest BCUT2D eigenvalue weighted by atomic mass is 10.1. The first-order chi connectivity index (χ1) is 9.79. The minimum Gasteiger partial charge on any atom is -0.395 e. The molecule has 0 aliphatic carbocycles. The molecule has 0 saturated heterocycles. The molecule has 3 aromatic rings. The van der Waals surface area contributed by atoms with Crippen molar-refractivity contribution in [3.05, 3.63) is 41.5 Å². The SMILES string of the molecule is O=C(NCCO)c1ccc(-c2ccnc3[nH]ccc23)s1. The molecule has 3 N–H and O–H groups in total. The number of H-pyrrole nitrogens is 1. The summed E-state index contributed by atoms with van der Waals surface area (Å²) in [6.45, 7) is 0.210. The highest BCUT2D eigenvalue weighted by Crippen LogP contribution is 2.32. The van der Waals surface area contributed by atoms with Gasteiger partial charge < -0.3 is 15.4 Å². The van der Waals surface area contributed by atoms with Crippen molar-refractivity contribution in [2.24, 2.45) is 0 Å². The van der Waals surface area contributed by atoms with E-state index in [1.54, 1.807) is 12.3 Å². The van der Waals surface area contributed by atoms with E-state index in [1.807, 2.05) is 24.4 Å². The lowest BCUT2D eigenvalue weighted by Crippen LogP contribution is -2.25. The van der Waals surface area contributed by atoms with E-state index in [9.17, 15) is 4.79 Å². The van der Waals surface area contributed by atoms with Crippen molar-refractivity contribution in [3.63, 3.8) is 0 Å². The third kappa shape index (κ3) is 2.31. The number of aromatic amines is 1. The Morgan fingerprint density at radius 1 is 1.35 bits per heavy atom. The van der Waals surface area contributed by atoms with Crippen LogP contribution >= 0.6 is 11.3 Å². The van der Waals surface area contributed by atoms with E-state index in [0.717, 1.165) is 21.5 Å². The number of aliphatic hydroxyl groups is 1. The maximum absolute atomic E-state index is 11.8. The zero-order chi connectivity index (χ0) is 13.9. The van der Waals surface area contributed by atoms with E-state index >= 15 is 0 Å². The van der Waals surface area contributed by atoms with Crippen LogP contribution < -0.4 is 5.32 Å². The second-order valence-electron chi connectivity index (χ2n) is 4.24. The number of rotatable bonds is 4. The number of hydrogen-bond donors (Lipinski definition) is 3. The van der Waals surface area contributed by atoms with Gasteiger partial charge in [0.2, 0.25) is 0 Å². The van der Waals surface area contributed by atoms with E-state index < -0.39 is 0 Å². The fourth-order valence-corrected chi connectivity index (χ4v) is 3.00. The Morgan fingerprint density at radius 2 is 2.25 bits per heavy atom. The van der Waals surface area contributed by atoms with Crippen molar-refractivity contribution in [1.82, 2.24) is 15.3 Å². The summed E-state index contributed by atoms with van der Waals surface area (Å²) in [6.07, 6.45) is 3.60. The van der Waals surface area contributed by atoms with Gasteiger partial charge >= 0.3 is 0 Å². The van der Waals surface area contributed by atoms with E-state index in [1.165, 1.54) is 11.3 Å². The molecule has 3 rings (SSSR count). The summed E-state index contributed by atoms with van der Waals surface area (Å²) >= 11 is 1.43. The van der Waals surface area contributed by atoms with E-state index in [0.29, 0.717) is 4.88 Å². The van der Waals surface area contributed by atoms with E-state index in [-0.39, 0.29) is 19.1 Å². The lowest BCUT2D eigenvalue weighted by molar-refractivity contribution is 0.0949. The molecule has 0 aliphatic rings. The van der Waals surface area contributed by atoms with Crippen LogP contribution in [0.15, 0.2) is 36.7 Å². The van der Waals surface area contributed by atoms with Gasteiger partial charge in [0.25, 0.3) is 5.91 Å². The molecule has 5 nitrogen and oxygen atoms in total. The molecule has 0 fully saturated rings. The monoisotopic (exact) mass is 287 g/mol. The summed E-state index contributed by atoms with van der Waals surface area (Å²) in [5.74, 6) is -0.158. The molecule has 0 bridgehead atoms. The number of thiophene rings is 1. The first kappa shape index (κ1) is 12.8. The van der Waals surface area contributed by atoms with Gasteiger partial charge in [-0.15, -0.1) is 11.3 Å². The summed E-state index contributed by atoms with van der Waals surface area (Å²) in [4.78, 5) is 20.8. The molecule has 3 heterocycles. The highest BCUT2D eigenvalue weighted by atomic mass is 32.1. The van der Waals surface area contributed by atoms with Crippen molar-refractivity contribution >= 4 is 28.3 Å². The van der Waals surface area contributed by atoms with Crippen LogP contribution in [-0.2, 0) is 0 Å². The molecule has 0 aliphatic heterocycles. The van der Waals surface area contributed by atoms with Crippen LogP contribution in [0.1, 0.15) is 9.67 Å². The molecule has 3 aromatic heterocycles. The number of carbonyl (C=O) groups excluding carboxylic acids is 1. The topological polar surface area (TPSA) is 78.0 Å². The number of pyridine rings is 1. The Kier molecular flexibility index (Phi) is 3.49. The van der Waals surface area contributed by atoms with Gasteiger partial charge in [-0.2, -0.15) is 0 Å². The molecule has 0 atom stereocenters. The standard InChI is InChI=1S/C14H13N3O2S/c18-8-7-17-14(19)12-2-1-11(20-12)9-3-5-15-13-10(9)4-6-16-13/h1-6,18H,7-8H2,(H,15,16)(H,17,19). The average molecular weight is 287 g/mol. The lowest BCUT2D eigenvalue weighted by Gasteiger charge is -2.00. The molecule has 102 valence electrons. The molecule has 0 aromatic carbocycles. The van der Waals surface area contributed by atoms with Gasteiger partial charge in [-0.3, -0.25) is 4.79 Å². The Labute approximate surface area is 119 Å². The number of amides is 1. The predicted molar refractivity (Wildman–Crippen MR) is 78.8 cm³/mol. The Morgan fingerprint density at radius 3 is 3.10 bits per heavy atom. The van der Waals surface area contributed by atoms with Crippen molar-refractivity contribution in [3.8, 4) is 10.4 Å². The summed E-state index contributed by atoms with van der Waals surface area (Å²) < 4.78 is 0. The van der Waals surface area contributed by atoms with Gasteiger partial charge in [-0.05, 0) is 24.3 Å². The van der Waals surface area contributed by atoms with Crippen LogP contribution in [0.2, 0.25) is 0 Å². The van der Waals surface area contributed by atoms with Gasteiger partial charge in [0.15, 0.2) is 0 Å². The maximum Gasteiger partial charge on any atom is 0.261 e. The zero-order valence-corrected chi connectivity index (χ0v) is 11.4. The predicted octanol–water partition coefficient (Wildman–Crippen LogP) is 2.01. The first-order valence-corrected chi connectivity index (χ1v) is 7.02. The second kappa shape index (κ2) is 5.44. The van der Waals surface area contributed by atoms with Gasteiger partial charge in [0.05, 0.1) is 11.5 Å². The number of aliphatic hydroxyl groups excluding tert-OH is 1. The molecule has 0 radical (unpaired) electrons. The van der Waals surface area contributed by atoms with Crippen LogP contribution in [0, 0.1) is 0 Å². The Balaban J connectivity index is 1.94. The van der Waals surface area contributed by atoms with E-state index in [2.05, 4.69) is 15.3 Å². The number of aromatic nitrogens is 2. The minimum atomic E-state index is -0.158. The van der Waals surface area contributed by atoms with E-state index in [4.69, 9.17) is 5.11 Å². The molecule has 6 heteroatoms. The number of nitrogens with one attached hydrogen (secondary N) is 2. The average Bonchev–Trinajstić information content (AvgIpc) is 3.12. The molecule has 0 unspecified atom stereocenters. The maximum atomic E-state index is 11.8. The largest absolute Gasteiger partial charge is 0.395 e. The third-order valence-corrected chi connectivity index (χ3v) is 4.07. The first-order valence-electron chi connectivity index (χ1n) is 6.21. The smallest absolute Gasteiger partial charge is 0.261 e. The van der Waals surface area contributed by atoms with Gasteiger partial charge in [0.1, 0.15) is 5.65 Å². The molecule has 0 saturated carbocycles. The Hall–Kier alpha value is -2.18. The molecule has 0 spiro atoms. The van der Waals surface area contributed by atoms with Crippen LogP contribution in [0.5, 0.6) is 0 Å². The zero-order valence-electron chi connectivity index (χ0n) is 10.6. The number of hydrogen-bond acceptors (Lipinski definition) is 4. The number of fused-ring (bicyclic) bond motifs is 1. The highest BCUT2D eigenvalue weighted by molar-refractivity contribution is 7.17.